The molecule has 2 aromatic carbocycles. The van der Waals surface area contributed by atoms with Crippen LogP contribution in [0.2, 0.25) is 0 Å². The molecular weight excluding hydrogens is 418 g/mol. The summed E-state index contributed by atoms with van der Waals surface area (Å²) in [6, 6.07) is 16.5. The highest BCUT2D eigenvalue weighted by Gasteiger charge is 2.25. The van der Waals surface area contributed by atoms with E-state index in [1.165, 1.54) is 14.4 Å². The second-order valence-corrected chi connectivity index (χ2v) is 10.4. The molecule has 5 rings (SSSR count). The Balaban J connectivity index is 1.12. The predicted molar refractivity (Wildman–Crippen MR) is 124 cm³/mol. The summed E-state index contributed by atoms with van der Waals surface area (Å²) in [7, 11) is 0. The SMILES string of the molecule is O=C(CSCc1nc2ccccc2s1)N1CCC(c2nc3ccccc3s2)CC1. The number of thioether (sulfide) groups is 1. The molecule has 1 saturated heterocycles. The Bertz CT molecular complexity index is 1080. The van der Waals surface area contributed by atoms with Crippen LogP contribution in [0.25, 0.3) is 20.4 Å². The average molecular weight is 440 g/mol. The summed E-state index contributed by atoms with van der Waals surface area (Å²) in [5.41, 5.74) is 2.15. The molecule has 0 saturated carbocycles. The van der Waals surface area contributed by atoms with E-state index in [-0.39, 0.29) is 5.91 Å². The van der Waals surface area contributed by atoms with Crippen molar-refractivity contribution in [2.45, 2.75) is 24.5 Å². The van der Waals surface area contributed by atoms with Crippen LogP contribution >= 0.6 is 34.4 Å². The van der Waals surface area contributed by atoms with Gasteiger partial charge in [-0.3, -0.25) is 4.79 Å². The van der Waals surface area contributed by atoms with Crippen LogP contribution in [0.3, 0.4) is 0 Å². The van der Waals surface area contributed by atoms with Gasteiger partial charge in [0.1, 0.15) is 5.01 Å². The predicted octanol–water partition coefficient (Wildman–Crippen LogP) is 5.55. The molecule has 3 heterocycles. The van der Waals surface area contributed by atoms with Gasteiger partial charge in [-0.15, -0.1) is 34.4 Å². The fraction of sp³-hybridized carbons (Fsp3) is 0.318. The second kappa shape index (κ2) is 8.42. The Hall–Kier alpha value is -1.96. The summed E-state index contributed by atoms with van der Waals surface area (Å²) in [5.74, 6) is 2.06. The maximum Gasteiger partial charge on any atom is 0.232 e. The van der Waals surface area contributed by atoms with E-state index < -0.39 is 0 Å². The van der Waals surface area contributed by atoms with Gasteiger partial charge >= 0.3 is 0 Å². The first-order chi connectivity index (χ1) is 14.3. The van der Waals surface area contributed by atoms with Gasteiger partial charge in [0.15, 0.2) is 0 Å². The lowest BCUT2D eigenvalue weighted by molar-refractivity contribution is -0.129. The van der Waals surface area contributed by atoms with Crippen molar-refractivity contribution in [3.05, 3.63) is 58.5 Å². The van der Waals surface area contributed by atoms with Crippen LogP contribution in [0.4, 0.5) is 0 Å². The van der Waals surface area contributed by atoms with Crippen molar-refractivity contribution in [1.29, 1.82) is 0 Å². The summed E-state index contributed by atoms with van der Waals surface area (Å²) in [6.07, 6.45) is 2.02. The number of hydrogen-bond acceptors (Lipinski definition) is 6. The van der Waals surface area contributed by atoms with E-state index in [9.17, 15) is 4.79 Å². The van der Waals surface area contributed by atoms with Crippen molar-refractivity contribution in [2.24, 2.45) is 0 Å². The molecule has 1 amide bonds. The third kappa shape index (κ3) is 4.17. The molecule has 4 aromatic rings. The first-order valence-electron chi connectivity index (χ1n) is 9.82. The molecule has 7 heteroatoms. The number of aromatic nitrogens is 2. The van der Waals surface area contributed by atoms with Crippen molar-refractivity contribution in [3.8, 4) is 0 Å². The van der Waals surface area contributed by atoms with Crippen LogP contribution in [0.15, 0.2) is 48.5 Å². The summed E-state index contributed by atoms with van der Waals surface area (Å²) < 4.78 is 2.47. The van der Waals surface area contributed by atoms with Crippen molar-refractivity contribution < 1.29 is 4.79 Å². The number of benzene rings is 2. The number of likely N-dealkylation sites (tertiary alicyclic amines) is 1. The molecule has 0 N–H and O–H groups in total. The van der Waals surface area contributed by atoms with E-state index in [1.807, 2.05) is 29.2 Å². The van der Waals surface area contributed by atoms with Gasteiger partial charge in [-0.2, -0.15) is 0 Å². The third-order valence-corrected chi connectivity index (χ3v) is 8.64. The number of carbonyl (C=O) groups excluding carboxylic acids is 1. The van der Waals surface area contributed by atoms with Crippen LogP contribution in [-0.2, 0) is 10.5 Å². The zero-order valence-corrected chi connectivity index (χ0v) is 18.4. The topological polar surface area (TPSA) is 46.1 Å². The minimum absolute atomic E-state index is 0.249. The minimum atomic E-state index is 0.249. The largest absolute Gasteiger partial charge is 0.342 e. The molecule has 2 aromatic heterocycles. The zero-order valence-electron chi connectivity index (χ0n) is 15.9. The smallest absolute Gasteiger partial charge is 0.232 e. The van der Waals surface area contributed by atoms with Crippen LogP contribution in [-0.4, -0.2) is 39.6 Å². The Morgan fingerprint density at radius 3 is 2.31 bits per heavy atom. The standard InChI is InChI=1S/C22H21N3OS3/c26-21(14-27-13-20-23-16-5-1-3-7-18(16)28-20)25-11-9-15(10-12-25)22-24-17-6-2-4-8-19(17)29-22/h1-8,15H,9-14H2. The van der Waals surface area contributed by atoms with E-state index >= 15 is 0 Å². The van der Waals surface area contributed by atoms with Crippen molar-refractivity contribution in [1.82, 2.24) is 14.9 Å². The Morgan fingerprint density at radius 1 is 0.966 bits per heavy atom. The number of fused-ring (bicyclic) bond motifs is 2. The fourth-order valence-corrected chi connectivity index (χ4v) is 6.82. The van der Waals surface area contributed by atoms with Crippen LogP contribution in [0.1, 0.15) is 28.8 Å². The average Bonchev–Trinajstić information content (AvgIpc) is 3.37. The number of hydrogen-bond donors (Lipinski definition) is 0. The molecule has 0 unspecified atom stereocenters. The van der Waals surface area contributed by atoms with E-state index in [0.29, 0.717) is 11.7 Å². The first kappa shape index (κ1) is 19.0. The number of rotatable bonds is 5. The summed E-state index contributed by atoms with van der Waals surface area (Å²) >= 11 is 5.19. The molecule has 0 spiro atoms. The van der Waals surface area contributed by atoms with Gasteiger partial charge in [-0.05, 0) is 37.1 Å². The molecule has 0 bridgehead atoms. The van der Waals surface area contributed by atoms with Crippen LogP contribution in [0.5, 0.6) is 0 Å². The van der Waals surface area contributed by atoms with E-state index in [2.05, 4.69) is 29.2 Å². The van der Waals surface area contributed by atoms with Gasteiger partial charge in [0, 0.05) is 24.8 Å². The van der Waals surface area contributed by atoms with Crippen LogP contribution in [0, 0.1) is 0 Å². The molecular formula is C22H21N3OS3. The third-order valence-electron chi connectivity index (χ3n) is 5.30. The van der Waals surface area contributed by atoms with Gasteiger partial charge in [0.25, 0.3) is 0 Å². The lowest BCUT2D eigenvalue weighted by Gasteiger charge is -2.31. The molecule has 29 heavy (non-hydrogen) atoms. The maximum absolute atomic E-state index is 12.6. The van der Waals surface area contributed by atoms with E-state index in [0.717, 1.165) is 47.7 Å². The lowest BCUT2D eigenvalue weighted by atomic mass is 9.97. The number of para-hydroxylation sites is 2. The molecule has 0 radical (unpaired) electrons. The van der Waals surface area contributed by atoms with Crippen LogP contribution < -0.4 is 0 Å². The van der Waals surface area contributed by atoms with Crippen molar-refractivity contribution in [2.75, 3.05) is 18.8 Å². The van der Waals surface area contributed by atoms with Crippen molar-refractivity contribution in [3.63, 3.8) is 0 Å². The Morgan fingerprint density at radius 2 is 1.62 bits per heavy atom. The normalized spacial score (nSPS) is 15.4. The second-order valence-electron chi connectivity index (χ2n) is 7.24. The van der Waals surface area contributed by atoms with Gasteiger partial charge in [-0.1, -0.05) is 24.3 Å². The van der Waals surface area contributed by atoms with E-state index in [4.69, 9.17) is 4.98 Å². The molecule has 1 fully saturated rings. The highest BCUT2D eigenvalue weighted by molar-refractivity contribution is 7.99. The van der Waals surface area contributed by atoms with Gasteiger partial charge in [0.05, 0.1) is 31.2 Å². The van der Waals surface area contributed by atoms with Gasteiger partial charge in [-0.25, -0.2) is 9.97 Å². The number of carbonyl (C=O) groups is 1. The Kier molecular flexibility index (Phi) is 5.52. The number of nitrogens with zero attached hydrogens (tertiary/aromatic N) is 3. The monoisotopic (exact) mass is 439 g/mol. The number of piperidine rings is 1. The molecule has 148 valence electrons. The molecule has 0 atom stereocenters. The maximum atomic E-state index is 12.6. The Labute approximate surface area is 182 Å². The van der Waals surface area contributed by atoms with E-state index in [1.54, 1.807) is 34.4 Å². The summed E-state index contributed by atoms with van der Waals surface area (Å²) in [4.78, 5) is 24.1. The van der Waals surface area contributed by atoms with Crippen molar-refractivity contribution >= 4 is 60.8 Å². The fourth-order valence-electron chi connectivity index (χ4n) is 3.74. The summed E-state index contributed by atoms with van der Waals surface area (Å²) in [5, 5.41) is 2.32. The highest BCUT2D eigenvalue weighted by atomic mass is 32.2. The molecule has 1 aliphatic rings. The number of amides is 1. The lowest BCUT2D eigenvalue weighted by Crippen LogP contribution is -2.38. The highest BCUT2D eigenvalue weighted by Crippen LogP contribution is 2.34. The number of thiazole rings is 2. The molecule has 4 nitrogen and oxygen atoms in total. The zero-order chi connectivity index (χ0) is 19.6. The van der Waals surface area contributed by atoms with Gasteiger partial charge in [0.2, 0.25) is 5.91 Å². The quantitative estimate of drug-likeness (QED) is 0.409. The molecule has 1 aliphatic heterocycles. The summed E-state index contributed by atoms with van der Waals surface area (Å²) in [6.45, 7) is 1.67. The first-order valence-corrected chi connectivity index (χ1v) is 12.6. The minimum Gasteiger partial charge on any atom is -0.342 e. The van der Waals surface area contributed by atoms with Gasteiger partial charge < -0.3 is 4.90 Å². The molecule has 0 aliphatic carbocycles.